The van der Waals surface area contributed by atoms with Crippen LogP contribution < -0.4 is 0 Å². The Morgan fingerprint density at radius 3 is 2.09 bits per heavy atom. The summed E-state index contributed by atoms with van der Waals surface area (Å²) in [7, 11) is 0. The molecule has 0 saturated carbocycles. The van der Waals surface area contributed by atoms with Gasteiger partial charge in [-0.05, 0) is 34.1 Å². The van der Waals surface area contributed by atoms with E-state index in [2.05, 4.69) is 32.6 Å². The number of alkyl halides is 1. The molecule has 0 aromatic heterocycles. The first-order valence-corrected chi connectivity index (χ1v) is 4.32. The summed E-state index contributed by atoms with van der Waals surface area (Å²) in [6.07, 6.45) is 0.0984. The Morgan fingerprint density at radius 1 is 1.36 bits per heavy atom. The van der Waals surface area contributed by atoms with Crippen LogP contribution in [0.4, 0.5) is 4.39 Å². The Morgan fingerprint density at radius 2 is 1.91 bits per heavy atom. The molecular weight excluding hydrogens is 141 g/mol. The smallest absolute Gasteiger partial charge is 0.114 e. The molecule has 0 amide bonds. The molecule has 0 aromatic rings. The topological polar surface area (TPSA) is 3.24 Å². The van der Waals surface area contributed by atoms with Gasteiger partial charge in [-0.3, -0.25) is 4.90 Å². The van der Waals surface area contributed by atoms with Gasteiger partial charge < -0.3 is 0 Å². The van der Waals surface area contributed by atoms with Crippen LogP contribution in [0.2, 0.25) is 0 Å². The average molecular weight is 159 g/mol. The Labute approximate surface area is 68.6 Å². The van der Waals surface area contributed by atoms with Gasteiger partial charge in [0.25, 0.3) is 0 Å². The maximum atomic E-state index is 12.9. The molecule has 1 aliphatic heterocycles. The molecule has 0 spiro atoms. The van der Waals surface area contributed by atoms with E-state index >= 15 is 0 Å². The molecule has 1 rings (SSSR count). The Balaban J connectivity index is 2.60. The van der Waals surface area contributed by atoms with E-state index in [1.54, 1.807) is 0 Å². The first-order chi connectivity index (χ1) is 4.91. The summed E-state index contributed by atoms with van der Waals surface area (Å²) in [6, 6.07) is 0.407. The zero-order valence-electron chi connectivity index (χ0n) is 7.89. The Bertz CT molecular complexity index is 139. The minimum atomic E-state index is -0.607. The first kappa shape index (κ1) is 8.98. The van der Waals surface area contributed by atoms with Crippen molar-refractivity contribution in [2.75, 3.05) is 6.54 Å². The molecule has 0 unspecified atom stereocenters. The van der Waals surface area contributed by atoms with Crippen LogP contribution in [-0.4, -0.2) is 29.2 Å². The molecule has 1 heterocycles. The van der Waals surface area contributed by atoms with Gasteiger partial charge in [-0.2, -0.15) is 0 Å². The second kappa shape index (κ2) is 2.74. The van der Waals surface area contributed by atoms with Crippen molar-refractivity contribution < 1.29 is 4.39 Å². The molecular formula is C9H18FN. The van der Waals surface area contributed by atoms with Gasteiger partial charge in [0.1, 0.15) is 6.17 Å². The van der Waals surface area contributed by atoms with Crippen molar-refractivity contribution in [3.8, 4) is 0 Å². The fourth-order valence-electron chi connectivity index (χ4n) is 1.90. The molecule has 66 valence electrons. The van der Waals surface area contributed by atoms with Gasteiger partial charge in [0.2, 0.25) is 0 Å². The van der Waals surface area contributed by atoms with Gasteiger partial charge in [-0.25, -0.2) is 4.39 Å². The fraction of sp³-hybridized carbons (Fsp3) is 1.00. The summed E-state index contributed by atoms with van der Waals surface area (Å²) in [5, 5.41) is 0. The molecule has 1 aliphatic rings. The third kappa shape index (κ3) is 1.92. The van der Waals surface area contributed by atoms with E-state index in [0.717, 1.165) is 0 Å². The minimum absolute atomic E-state index is 0.125. The van der Waals surface area contributed by atoms with Crippen LogP contribution in [0.1, 0.15) is 34.1 Å². The van der Waals surface area contributed by atoms with E-state index in [4.69, 9.17) is 0 Å². The molecule has 11 heavy (non-hydrogen) atoms. The SMILES string of the molecule is C[C@@H]1C[C@@H](F)CN1C(C)(C)C. The molecule has 0 radical (unpaired) electrons. The van der Waals surface area contributed by atoms with Crippen LogP contribution >= 0.6 is 0 Å². The summed E-state index contributed by atoms with van der Waals surface area (Å²) in [4.78, 5) is 2.23. The van der Waals surface area contributed by atoms with E-state index < -0.39 is 6.17 Å². The highest BCUT2D eigenvalue weighted by Crippen LogP contribution is 2.27. The van der Waals surface area contributed by atoms with Gasteiger partial charge in [-0.1, -0.05) is 0 Å². The summed E-state index contributed by atoms with van der Waals surface area (Å²) >= 11 is 0. The minimum Gasteiger partial charge on any atom is -0.293 e. The molecule has 0 aromatic carbocycles. The summed E-state index contributed by atoms with van der Waals surface area (Å²) < 4.78 is 12.9. The lowest BCUT2D eigenvalue weighted by molar-refractivity contribution is 0.124. The molecule has 0 N–H and O–H groups in total. The molecule has 0 aliphatic carbocycles. The van der Waals surface area contributed by atoms with Crippen LogP contribution in [0.5, 0.6) is 0 Å². The number of nitrogens with zero attached hydrogens (tertiary/aromatic N) is 1. The molecule has 1 saturated heterocycles. The third-order valence-corrected chi connectivity index (χ3v) is 2.39. The molecule has 1 fully saturated rings. The predicted octanol–water partition coefficient (Wildman–Crippen LogP) is 2.22. The zero-order valence-corrected chi connectivity index (χ0v) is 7.89. The van der Waals surface area contributed by atoms with Gasteiger partial charge in [0.05, 0.1) is 0 Å². The summed E-state index contributed by atoms with van der Waals surface area (Å²) in [6.45, 7) is 9.14. The summed E-state index contributed by atoms with van der Waals surface area (Å²) in [5.41, 5.74) is 0.125. The molecule has 2 atom stereocenters. The maximum Gasteiger partial charge on any atom is 0.114 e. The van der Waals surface area contributed by atoms with Gasteiger partial charge in [0.15, 0.2) is 0 Å². The predicted molar refractivity (Wildman–Crippen MR) is 45.4 cm³/mol. The number of likely N-dealkylation sites (tertiary alicyclic amines) is 1. The van der Waals surface area contributed by atoms with Gasteiger partial charge in [0, 0.05) is 18.1 Å². The van der Waals surface area contributed by atoms with Crippen LogP contribution in [0, 0.1) is 0 Å². The Hall–Kier alpha value is -0.110. The number of halogens is 1. The quantitative estimate of drug-likeness (QED) is 0.524. The lowest BCUT2D eigenvalue weighted by Gasteiger charge is -2.35. The van der Waals surface area contributed by atoms with Crippen molar-refractivity contribution in [2.45, 2.75) is 51.9 Å². The monoisotopic (exact) mass is 159 g/mol. The highest BCUT2D eigenvalue weighted by atomic mass is 19.1. The number of hydrogen-bond acceptors (Lipinski definition) is 1. The van der Waals surface area contributed by atoms with Crippen molar-refractivity contribution in [1.29, 1.82) is 0 Å². The van der Waals surface area contributed by atoms with Gasteiger partial charge >= 0.3 is 0 Å². The standard InChI is InChI=1S/C9H18FN/c1-7-5-8(10)6-11(7)9(2,3)4/h7-8H,5-6H2,1-4H3/t7-,8-/m1/s1. The van der Waals surface area contributed by atoms with Crippen LogP contribution in [0.25, 0.3) is 0 Å². The Kier molecular flexibility index (Phi) is 2.24. The van der Waals surface area contributed by atoms with Crippen LogP contribution in [-0.2, 0) is 0 Å². The fourth-order valence-corrected chi connectivity index (χ4v) is 1.90. The van der Waals surface area contributed by atoms with Crippen molar-refractivity contribution in [3.05, 3.63) is 0 Å². The second-order valence-corrected chi connectivity index (χ2v) is 4.51. The first-order valence-electron chi connectivity index (χ1n) is 4.32. The lowest BCUT2D eigenvalue weighted by Crippen LogP contribution is -2.43. The second-order valence-electron chi connectivity index (χ2n) is 4.51. The van der Waals surface area contributed by atoms with Gasteiger partial charge in [-0.15, -0.1) is 0 Å². The highest BCUT2D eigenvalue weighted by Gasteiger charge is 2.35. The van der Waals surface area contributed by atoms with E-state index in [1.807, 2.05) is 0 Å². The number of rotatable bonds is 0. The molecule has 0 bridgehead atoms. The average Bonchev–Trinajstić information content (AvgIpc) is 2.08. The van der Waals surface area contributed by atoms with Crippen molar-refractivity contribution in [1.82, 2.24) is 4.90 Å². The van der Waals surface area contributed by atoms with Crippen LogP contribution in [0.3, 0.4) is 0 Å². The van der Waals surface area contributed by atoms with Crippen LogP contribution in [0.15, 0.2) is 0 Å². The van der Waals surface area contributed by atoms with E-state index in [0.29, 0.717) is 19.0 Å². The van der Waals surface area contributed by atoms with Crippen molar-refractivity contribution in [3.63, 3.8) is 0 Å². The van der Waals surface area contributed by atoms with E-state index in [-0.39, 0.29) is 5.54 Å². The summed E-state index contributed by atoms with van der Waals surface area (Å²) in [5.74, 6) is 0. The lowest BCUT2D eigenvalue weighted by atomic mass is 10.1. The normalized spacial score (nSPS) is 34.6. The zero-order chi connectivity index (χ0) is 8.65. The number of hydrogen-bond donors (Lipinski definition) is 0. The molecule has 1 nitrogen and oxygen atoms in total. The van der Waals surface area contributed by atoms with Crippen molar-refractivity contribution >= 4 is 0 Å². The largest absolute Gasteiger partial charge is 0.293 e. The van der Waals surface area contributed by atoms with Crippen molar-refractivity contribution in [2.24, 2.45) is 0 Å². The highest BCUT2D eigenvalue weighted by molar-refractivity contribution is 4.89. The van der Waals surface area contributed by atoms with E-state index in [1.165, 1.54) is 0 Å². The third-order valence-electron chi connectivity index (χ3n) is 2.39. The molecule has 2 heteroatoms. The van der Waals surface area contributed by atoms with E-state index in [9.17, 15) is 4.39 Å². The maximum absolute atomic E-state index is 12.9.